The summed E-state index contributed by atoms with van der Waals surface area (Å²) in [5.74, 6) is -2.02. The fourth-order valence-electron chi connectivity index (χ4n) is 1.73. The lowest BCUT2D eigenvalue weighted by molar-refractivity contribution is -0.384. The Kier molecular flexibility index (Phi) is 4.37. The van der Waals surface area contributed by atoms with Crippen molar-refractivity contribution in [3.05, 3.63) is 62.1 Å². The molecule has 0 fully saturated rings. The van der Waals surface area contributed by atoms with Crippen LogP contribution in [0.25, 0.3) is 0 Å². The number of hydrogen-bond donors (Lipinski definition) is 2. The van der Waals surface area contributed by atoms with Crippen LogP contribution in [-0.4, -0.2) is 10.0 Å². The van der Waals surface area contributed by atoms with Crippen LogP contribution < -0.4 is 5.32 Å². The predicted octanol–water partition coefficient (Wildman–Crippen LogP) is 3.95. The number of benzene rings is 2. The molecule has 0 aliphatic heterocycles. The molecule has 2 rings (SSSR count). The molecular formula is C13H9BrF2N2O3. The van der Waals surface area contributed by atoms with Gasteiger partial charge < -0.3 is 10.4 Å². The number of nitro groups is 1. The smallest absolute Gasteiger partial charge is 0.298 e. The molecule has 21 heavy (non-hydrogen) atoms. The second kappa shape index (κ2) is 6.04. The summed E-state index contributed by atoms with van der Waals surface area (Å²) in [5, 5.41) is 22.8. The van der Waals surface area contributed by atoms with Crippen LogP contribution in [0.4, 0.5) is 20.2 Å². The highest BCUT2D eigenvalue weighted by molar-refractivity contribution is 9.10. The summed E-state index contributed by atoms with van der Waals surface area (Å²) in [7, 11) is 0. The van der Waals surface area contributed by atoms with Crippen molar-refractivity contribution in [1.29, 1.82) is 0 Å². The van der Waals surface area contributed by atoms with Gasteiger partial charge in [-0.05, 0) is 33.6 Å². The first-order chi connectivity index (χ1) is 9.88. The number of phenols is 1. The highest BCUT2D eigenvalue weighted by Gasteiger charge is 2.20. The quantitative estimate of drug-likeness (QED) is 0.640. The molecule has 2 aromatic rings. The van der Waals surface area contributed by atoms with Gasteiger partial charge in [-0.2, -0.15) is 0 Å². The van der Waals surface area contributed by atoms with Crippen molar-refractivity contribution >= 4 is 27.3 Å². The Morgan fingerprint density at radius 1 is 1.29 bits per heavy atom. The fraction of sp³-hybridized carbons (Fsp3) is 0.0769. The Labute approximate surface area is 126 Å². The third-order valence-corrected chi connectivity index (χ3v) is 3.35. The van der Waals surface area contributed by atoms with E-state index in [0.29, 0.717) is 22.2 Å². The van der Waals surface area contributed by atoms with Crippen LogP contribution in [0.1, 0.15) is 5.56 Å². The van der Waals surface area contributed by atoms with Crippen molar-refractivity contribution in [2.75, 3.05) is 5.32 Å². The van der Waals surface area contributed by atoms with Gasteiger partial charge in [-0.1, -0.05) is 6.07 Å². The number of nitro benzene ring substituents is 1. The van der Waals surface area contributed by atoms with Gasteiger partial charge in [-0.3, -0.25) is 10.1 Å². The van der Waals surface area contributed by atoms with Crippen molar-refractivity contribution in [2.45, 2.75) is 6.54 Å². The molecule has 0 unspecified atom stereocenters. The van der Waals surface area contributed by atoms with Crippen molar-refractivity contribution in [3.63, 3.8) is 0 Å². The molecule has 5 nitrogen and oxygen atoms in total. The molecule has 0 atom stereocenters. The highest BCUT2D eigenvalue weighted by Crippen LogP contribution is 2.30. The maximum atomic E-state index is 13.7. The lowest BCUT2D eigenvalue weighted by Gasteiger charge is -2.09. The van der Waals surface area contributed by atoms with E-state index in [-0.39, 0.29) is 18.0 Å². The normalized spacial score (nSPS) is 10.4. The molecule has 0 saturated heterocycles. The molecule has 2 N–H and O–H groups in total. The third kappa shape index (κ3) is 3.46. The van der Waals surface area contributed by atoms with Crippen LogP contribution in [0.15, 0.2) is 34.8 Å². The Morgan fingerprint density at radius 3 is 2.62 bits per heavy atom. The van der Waals surface area contributed by atoms with Gasteiger partial charge >= 0.3 is 0 Å². The summed E-state index contributed by atoms with van der Waals surface area (Å²) in [4.78, 5) is 9.97. The lowest BCUT2D eigenvalue weighted by atomic mass is 10.2. The second-order valence-electron chi connectivity index (χ2n) is 4.18. The molecule has 8 heteroatoms. The number of hydrogen-bond acceptors (Lipinski definition) is 4. The van der Waals surface area contributed by atoms with Crippen LogP contribution in [-0.2, 0) is 6.54 Å². The molecule has 0 amide bonds. The summed E-state index contributed by atoms with van der Waals surface area (Å²) < 4.78 is 27.1. The minimum absolute atomic E-state index is 0.0395. The molecule has 0 bridgehead atoms. The predicted molar refractivity (Wildman–Crippen MR) is 76.1 cm³/mol. The van der Waals surface area contributed by atoms with Gasteiger partial charge in [0.1, 0.15) is 17.3 Å². The largest absolute Gasteiger partial charge is 0.507 e. The molecule has 0 aliphatic carbocycles. The molecule has 2 aromatic carbocycles. The zero-order valence-corrected chi connectivity index (χ0v) is 12.0. The average Bonchev–Trinajstić information content (AvgIpc) is 2.40. The Balaban J connectivity index is 2.27. The van der Waals surface area contributed by atoms with E-state index < -0.39 is 22.2 Å². The minimum Gasteiger partial charge on any atom is -0.507 e. The van der Waals surface area contributed by atoms with Crippen molar-refractivity contribution in [2.24, 2.45) is 0 Å². The number of halogens is 3. The number of nitrogens with one attached hydrogen (secondary N) is 1. The van der Waals surface area contributed by atoms with Crippen LogP contribution in [0, 0.1) is 21.7 Å². The number of aromatic hydroxyl groups is 1. The Morgan fingerprint density at radius 2 is 2.00 bits per heavy atom. The zero-order chi connectivity index (χ0) is 15.6. The van der Waals surface area contributed by atoms with Crippen molar-refractivity contribution < 1.29 is 18.8 Å². The number of rotatable bonds is 4. The SMILES string of the molecule is O=[N+]([O-])c1cc(F)cc(F)c1NCc1ccc(O)c(Br)c1. The van der Waals surface area contributed by atoms with Gasteiger partial charge in [0, 0.05) is 12.6 Å². The van der Waals surface area contributed by atoms with E-state index in [2.05, 4.69) is 21.2 Å². The maximum Gasteiger partial charge on any atom is 0.298 e. The van der Waals surface area contributed by atoms with E-state index in [1.165, 1.54) is 6.07 Å². The Hall–Kier alpha value is -2.22. The highest BCUT2D eigenvalue weighted by atomic mass is 79.9. The Bertz CT molecular complexity index is 710. The zero-order valence-electron chi connectivity index (χ0n) is 10.4. The number of anilines is 1. The summed E-state index contributed by atoms with van der Waals surface area (Å²) >= 11 is 3.12. The maximum absolute atomic E-state index is 13.7. The summed E-state index contributed by atoms with van der Waals surface area (Å²) in [6.45, 7) is 0.0717. The van der Waals surface area contributed by atoms with Crippen LogP contribution in [0.3, 0.4) is 0 Å². The van der Waals surface area contributed by atoms with E-state index in [1.807, 2.05) is 0 Å². The summed E-state index contributed by atoms with van der Waals surface area (Å²) in [6, 6.07) is 5.80. The minimum atomic E-state index is -1.04. The molecule has 0 saturated carbocycles. The lowest BCUT2D eigenvalue weighted by Crippen LogP contribution is -2.05. The molecule has 0 aliphatic rings. The number of nitrogens with zero attached hydrogens (tertiary/aromatic N) is 1. The van der Waals surface area contributed by atoms with Crippen molar-refractivity contribution in [3.8, 4) is 5.75 Å². The van der Waals surface area contributed by atoms with Crippen molar-refractivity contribution in [1.82, 2.24) is 0 Å². The van der Waals surface area contributed by atoms with Gasteiger partial charge in [-0.15, -0.1) is 0 Å². The molecule has 110 valence electrons. The second-order valence-corrected chi connectivity index (χ2v) is 5.03. The summed E-state index contributed by atoms with van der Waals surface area (Å²) in [5.41, 5.74) is -0.409. The molecule has 0 heterocycles. The van der Waals surface area contributed by atoms with Crippen LogP contribution in [0.5, 0.6) is 5.75 Å². The van der Waals surface area contributed by atoms with Gasteiger partial charge in [0.05, 0.1) is 15.5 Å². The van der Waals surface area contributed by atoms with E-state index in [1.54, 1.807) is 12.1 Å². The fourth-order valence-corrected chi connectivity index (χ4v) is 2.16. The third-order valence-electron chi connectivity index (χ3n) is 2.71. The van der Waals surface area contributed by atoms with Gasteiger partial charge in [0.25, 0.3) is 5.69 Å². The van der Waals surface area contributed by atoms with Gasteiger partial charge in [0.15, 0.2) is 5.82 Å². The first-order valence-electron chi connectivity index (χ1n) is 5.73. The van der Waals surface area contributed by atoms with E-state index >= 15 is 0 Å². The van der Waals surface area contributed by atoms with E-state index in [0.717, 1.165) is 0 Å². The standard InChI is InChI=1S/C13H9BrF2N2O3/c14-9-3-7(1-2-12(9)19)6-17-13-10(16)4-8(15)5-11(13)18(20)21/h1-5,17,19H,6H2. The van der Waals surface area contributed by atoms with Gasteiger partial charge in [0.2, 0.25) is 0 Å². The average molecular weight is 359 g/mol. The first-order valence-corrected chi connectivity index (χ1v) is 6.52. The molecule has 0 radical (unpaired) electrons. The topological polar surface area (TPSA) is 75.4 Å². The summed E-state index contributed by atoms with van der Waals surface area (Å²) in [6.07, 6.45) is 0. The number of phenolic OH excluding ortho intramolecular Hbond substituents is 1. The van der Waals surface area contributed by atoms with E-state index in [9.17, 15) is 24.0 Å². The van der Waals surface area contributed by atoms with Gasteiger partial charge in [-0.25, -0.2) is 8.78 Å². The first kappa shape index (κ1) is 15.2. The van der Waals surface area contributed by atoms with Crippen LogP contribution >= 0.6 is 15.9 Å². The van der Waals surface area contributed by atoms with E-state index in [4.69, 9.17) is 0 Å². The monoisotopic (exact) mass is 358 g/mol. The molecule has 0 spiro atoms. The molecule has 0 aromatic heterocycles. The molecular weight excluding hydrogens is 350 g/mol. The van der Waals surface area contributed by atoms with Crippen LogP contribution in [0.2, 0.25) is 0 Å².